The van der Waals surface area contributed by atoms with Crippen LogP contribution in [0.4, 0.5) is 20.2 Å². The number of amides is 2. The van der Waals surface area contributed by atoms with Crippen LogP contribution in [-0.4, -0.2) is 18.4 Å². The van der Waals surface area contributed by atoms with E-state index in [0.29, 0.717) is 5.69 Å². The van der Waals surface area contributed by atoms with Gasteiger partial charge in [-0.2, -0.15) is 0 Å². The summed E-state index contributed by atoms with van der Waals surface area (Å²) in [5, 5.41) is 2.81. The van der Waals surface area contributed by atoms with E-state index in [9.17, 15) is 18.4 Å². The maximum absolute atomic E-state index is 13.9. The van der Waals surface area contributed by atoms with Crippen LogP contribution in [0.2, 0.25) is 0 Å². The number of benzene rings is 2. The van der Waals surface area contributed by atoms with Gasteiger partial charge in [-0.15, -0.1) is 0 Å². The number of carbonyl (C=O) groups is 2. The second-order valence-corrected chi connectivity index (χ2v) is 6.21. The molecule has 1 fully saturated rings. The minimum absolute atomic E-state index is 0.0482. The van der Waals surface area contributed by atoms with E-state index >= 15 is 0 Å². The number of para-hydroxylation sites is 1. The number of nitrogens with one attached hydrogen (secondary N) is 1. The van der Waals surface area contributed by atoms with Crippen LogP contribution in [0.15, 0.2) is 36.4 Å². The summed E-state index contributed by atoms with van der Waals surface area (Å²) in [5.41, 5.74) is 2.26. The first-order chi connectivity index (χ1) is 11.9. The zero-order chi connectivity index (χ0) is 18.1. The molecule has 3 rings (SSSR count). The monoisotopic (exact) mass is 344 g/mol. The molecule has 6 heteroatoms. The topological polar surface area (TPSA) is 49.4 Å². The van der Waals surface area contributed by atoms with Gasteiger partial charge in [0.05, 0.1) is 5.92 Å². The average Bonchev–Trinajstić information content (AvgIpc) is 2.93. The van der Waals surface area contributed by atoms with E-state index in [0.717, 1.165) is 28.2 Å². The molecule has 2 amide bonds. The third kappa shape index (κ3) is 3.24. The lowest BCUT2D eigenvalue weighted by molar-refractivity contribution is -0.122. The lowest BCUT2D eigenvalue weighted by Gasteiger charge is -2.18. The van der Waals surface area contributed by atoms with Crippen molar-refractivity contribution in [3.63, 3.8) is 0 Å². The fraction of sp³-hybridized carbons (Fsp3) is 0.263. The van der Waals surface area contributed by atoms with Crippen LogP contribution >= 0.6 is 0 Å². The predicted octanol–water partition coefficient (Wildman–Crippen LogP) is 3.57. The molecule has 0 spiro atoms. The van der Waals surface area contributed by atoms with Gasteiger partial charge in [0.1, 0.15) is 17.3 Å². The number of halogens is 2. The van der Waals surface area contributed by atoms with Crippen molar-refractivity contribution in [2.75, 3.05) is 16.8 Å². The number of hydrogen-bond acceptors (Lipinski definition) is 2. The lowest BCUT2D eigenvalue weighted by Crippen LogP contribution is -2.29. The Kier molecular flexibility index (Phi) is 4.53. The normalized spacial score (nSPS) is 17.0. The Hall–Kier alpha value is -2.76. The second kappa shape index (κ2) is 6.63. The van der Waals surface area contributed by atoms with Crippen molar-refractivity contribution in [2.24, 2.45) is 5.92 Å². The van der Waals surface area contributed by atoms with E-state index in [1.165, 1.54) is 6.07 Å². The summed E-state index contributed by atoms with van der Waals surface area (Å²) in [7, 11) is 0. The van der Waals surface area contributed by atoms with Crippen molar-refractivity contribution in [1.82, 2.24) is 0 Å². The van der Waals surface area contributed by atoms with Gasteiger partial charge in [-0.1, -0.05) is 18.2 Å². The molecule has 25 heavy (non-hydrogen) atoms. The van der Waals surface area contributed by atoms with Gasteiger partial charge in [0.25, 0.3) is 0 Å². The molecule has 0 saturated carbocycles. The third-order valence-electron chi connectivity index (χ3n) is 4.57. The number of aryl methyl sites for hydroxylation is 1. The van der Waals surface area contributed by atoms with Crippen molar-refractivity contribution in [1.29, 1.82) is 0 Å². The molecule has 0 radical (unpaired) electrons. The summed E-state index contributed by atoms with van der Waals surface area (Å²) in [6.07, 6.45) is -0.0789. The summed E-state index contributed by atoms with van der Waals surface area (Å²) in [6.45, 7) is 3.78. The largest absolute Gasteiger partial charge is 0.326 e. The summed E-state index contributed by atoms with van der Waals surface area (Å²) < 4.78 is 27.8. The first-order valence-corrected chi connectivity index (χ1v) is 8.00. The summed E-state index contributed by atoms with van der Waals surface area (Å²) in [5.74, 6) is -3.09. The average molecular weight is 344 g/mol. The van der Waals surface area contributed by atoms with Crippen molar-refractivity contribution >= 4 is 23.2 Å². The van der Waals surface area contributed by atoms with Crippen molar-refractivity contribution < 1.29 is 18.4 Å². The van der Waals surface area contributed by atoms with E-state index in [-0.39, 0.29) is 18.9 Å². The molecule has 2 aromatic rings. The van der Waals surface area contributed by atoms with Gasteiger partial charge >= 0.3 is 0 Å². The fourth-order valence-electron chi connectivity index (χ4n) is 2.97. The highest BCUT2D eigenvalue weighted by Gasteiger charge is 2.37. The molecule has 1 aliphatic heterocycles. The van der Waals surface area contributed by atoms with E-state index in [1.54, 1.807) is 6.07 Å². The molecule has 0 aromatic heterocycles. The number of hydrogen-bond donors (Lipinski definition) is 1. The molecule has 1 saturated heterocycles. The van der Waals surface area contributed by atoms with Gasteiger partial charge in [-0.3, -0.25) is 9.59 Å². The van der Waals surface area contributed by atoms with Crippen molar-refractivity contribution in [3.8, 4) is 0 Å². The third-order valence-corrected chi connectivity index (χ3v) is 4.57. The Labute approximate surface area is 144 Å². The number of anilines is 2. The van der Waals surface area contributed by atoms with Crippen molar-refractivity contribution in [3.05, 3.63) is 59.2 Å². The number of carbonyl (C=O) groups excluding carboxylic acids is 2. The molecule has 0 bridgehead atoms. The van der Waals surface area contributed by atoms with Gasteiger partial charge in [0.2, 0.25) is 11.8 Å². The maximum atomic E-state index is 13.9. The van der Waals surface area contributed by atoms with Crippen LogP contribution in [0.5, 0.6) is 0 Å². The number of rotatable bonds is 3. The van der Waals surface area contributed by atoms with Gasteiger partial charge in [-0.25, -0.2) is 8.78 Å². The zero-order valence-electron chi connectivity index (χ0n) is 14.0. The Morgan fingerprint density at radius 2 is 1.76 bits per heavy atom. The smallest absolute Gasteiger partial charge is 0.229 e. The first-order valence-electron chi connectivity index (χ1n) is 8.00. The van der Waals surface area contributed by atoms with Gasteiger partial charge in [0, 0.05) is 18.7 Å². The maximum Gasteiger partial charge on any atom is 0.229 e. The van der Waals surface area contributed by atoms with Crippen LogP contribution in [0.3, 0.4) is 0 Å². The molecule has 1 heterocycles. The van der Waals surface area contributed by atoms with Crippen LogP contribution in [0, 0.1) is 31.4 Å². The molecule has 1 N–H and O–H groups in total. The summed E-state index contributed by atoms with van der Waals surface area (Å²) in [4.78, 5) is 25.7. The second-order valence-electron chi connectivity index (χ2n) is 6.21. The Morgan fingerprint density at radius 1 is 1.12 bits per heavy atom. The van der Waals surface area contributed by atoms with E-state index in [1.807, 2.05) is 26.0 Å². The highest BCUT2D eigenvalue weighted by molar-refractivity contribution is 6.03. The summed E-state index contributed by atoms with van der Waals surface area (Å²) >= 11 is 0. The van der Waals surface area contributed by atoms with E-state index < -0.39 is 29.1 Å². The molecule has 0 aliphatic carbocycles. The highest BCUT2D eigenvalue weighted by atomic mass is 19.1. The van der Waals surface area contributed by atoms with Crippen LogP contribution in [0.25, 0.3) is 0 Å². The molecular weight excluding hydrogens is 326 g/mol. The van der Waals surface area contributed by atoms with Crippen molar-refractivity contribution in [2.45, 2.75) is 20.3 Å². The van der Waals surface area contributed by atoms with E-state index in [4.69, 9.17) is 0 Å². The van der Waals surface area contributed by atoms with Crippen LogP contribution in [-0.2, 0) is 9.59 Å². The first kappa shape index (κ1) is 17.1. The van der Waals surface area contributed by atoms with Gasteiger partial charge in [-0.05, 0) is 43.2 Å². The van der Waals surface area contributed by atoms with Gasteiger partial charge in [0.15, 0.2) is 0 Å². The quantitative estimate of drug-likeness (QED) is 0.925. The van der Waals surface area contributed by atoms with Gasteiger partial charge < -0.3 is 10.2 Å². The molecular formula is C19H18F2N2O2. The Balaban J connectivity index is 1.78. The van der Waals surface area contributed by atoms with Crippen LogP contribution in [0.1, 0.15) is 17.5 Å². The minimum atomic E-state index is -0.816. The predicted molar refractivity (Wildman–Crippen MR) is 91.4 cm³/mol. The Bertz CT molecular complexity index is 831. The fourth-order valence-corrected chi connectivity index (χ4v) is 2.97. The standard InChI is InChI=1S/C19H18F2N2O2/c1-11-5-3-8-16(12(11)2)22-19(25)13-9-17(24)23(10-13)18-14(20)6-4-7-15(18)21/h3-8,13H,9-10H2,1-2H3,(H,22,25). The SMILES string of the molecule is Cc1cccc(NC(=O)C2CC(=O)N(c3c(F)cccc3F)C2)c1C. The van der Waals surface area contributed by atoms with E-state index in [2.05, 4.69) is 5.32 Å². The summed E-state index contributed by atoms with van der Waals surface area (Å²) in [6, 6.07) is 8.97. The molecule has 1 atom stereocenters. The molecule has 4 nitrogen and oxygen atoms in total. The number of nitrogens with zero attached hydrogens (tertiary/aromatic N) is 1. The zero-order valence-corrected chi connectivity index (χ0v) is 14.0. The highest BCUT2D eigenvalue weighted by Crippen LogP contribution is 2.30. The molecule has 130 valence electrons. The van der Waals surface area contributed by atoms with Crippen LogP contribution < -0.4 is 10.2 Å². The molecule has 2 aromatic carbocycles. The lowest BCUT2D eigenvalue weighted by atomic mass is 10.1. The molecule has 1 unspecified atom stereocenters. The Morgan fingerprint density at radius 3 is 2.44 bits per heavy atom. The minimum Gasteiger partial charge on any atom is -0.326 e. The molecule has 1 aliphatic rings.